The minimum absolute atomic E-state index is 0.00916. The third kappa shape index (κ3) is 4.12. The van der Waals surface area contributed by atoms with E-state index in [1.54, 1.807) is 24.3 Å². The van der Waals surface area contributed by atoms with Crippen molar-refractivity contribution in [3.63, 3.8) is 0 Å². The lowest BCUT2D eigenvalue weighted by Crippen LogP contribution is -2.54. The molecule has 0 aliphatic carbocycles. The second-order valence-electron chi connectivity index (χ2n) is 7.77. The number of rotatable bonds is 4. The number of thiocarbonyl (C=S) groups is 1. The smallest absolute Gasteiger partial charge is 0.270 e. The number of carbonyl (C=O) groups is 2. The number of benzene rings is 3. The van der Waals surface area contributed by atoms with Gasteiger partial charge in [0.25, 0.3) is 11.8 Å². The zero-order valence-electron chi connectivity index (χ0n) is 17.7. The van der Waals surface area contributed by atoms with Crippen LogP contribution >= 0.6 is 35.4 Å². The molecule has 4 aromatic rings. The molecule has 0 atom stereocenters. The fourth-order valence-electron chi connectivity index (χ4n) is 3.98. The first-order valence-electron chi connectivity index (χ1n) is 10.4. The second kappa shape index (κ2) is 9.06. The van der Waals surface area contributed by atoms with E-state index in [1.165, 1.54) is 4.90 Å². The third-order valence-corrected chi connectivity index (χ3v) is 6.60. The van der Waals surface area contributed by atoms with E-state index in [0.717, 1.165) is 22.0 Å². The summed E-state index contributed by atoms with van der Waals surface area (Å²) in [5.74, 6) is -0.996. The summed E-state index contributed by atoms with van der Waals surface area (Å²) in [6.07, 6.45) is 3.53. The van der Waals surface area contributed by atoms with Gasteiger partial charge in [-0.2, -0.15) is 0 Å². The molecule has 0 saturated carbocycles. The topological polar surface area (TPSA) is 54.3 Å². The van der Waals surface area contributed by atoms with Crippen LogP contribution in [0.3, 0.4) is 0 Å². The highest BCUT2D eigenvalue weighted by atomic mass is 35.5. The van der Waals surface area contributed by atoms with Crippen LogP contribution in [0, 0.1) is 0 Å². The number of hydrogen-bond donors (Lipinski definition) is 1. The van der Waals surface area contributed by atoms with Crippen LogP contribution in [0.5, 0.6) is 0 Å². The van der Waals surface area contributed by atoms with Gasteiger partial charge in [0, 0.05) is 29.2 Å². The maximum absolute atomic E-state index is 13.3. The van der Waals surface area contributed by atoms with Gasteiger partial charge in [0.1, 0.15) is 5.57 Å². The predicted octanol–water partition coefficient (Wildman–Crippen LogP) is 5.83. The van der Waals surface area contributed by atoms with Crippen LogP contribution in [0.1, 0.15) is 11.1 Å². The summed E-state index contributed by atoms with van der Waals surface area (Å²) in [7, 11) is 0. The van der Waals surface area contributed by atoms with Crippen LogP contribution in [0.2, 0.25) is 10.0 Å². The van der Waals surface area contributed by atoms with Gasteiger partial charge in [-0.3, -0.25) is 19.8 Å². The van der Waals surface area contributed by atoms with Crippen LogP contribution in [0.15, 0.2) is 84.6 Å². The molecule has 1 aromatic heterocycles. The van der Waals surface area contributed by atoms with E-state index in [1.807, 2.05) is 65.4 Å². The molecule has 2 heterocycles. The van der Waals surface area contributed by atoms with E-state index in [0.29, 0.717) is 22.3 Å². The van der Waals surface area contributed by atoms with Crippen LogP contribution < -0.4 is 10.2 Å². The van der Waals surface area contributed by atoms with Crippen LogP contribution in [0.25, 0.3) is 17.0 Å². The van der Waals surface area contributed by atoms with E-state index in [2.05, 4.69) is 5.32 Å². The first-order valence-corrected chi connectivity index (χ1v) is 11.6. The lowest BCUT2D eigenvalue weighted by molar-refractivity contribution is -0.122. The molecule has 168 valence electrons. The fourth-order valence-corrected chi connectivity index (χ4v) is 4.58. The van der Waals surface area contributed by atoms with Crippen molar-refractivity contribution in [1.29, 1.82) is 0 Å². The molecule has 1 saturated heterocycles. The summed E-state index contributed by atoms with van der Waals surface area (Å²) in [5, 5.41) is 4.58. The van der Waals surface area contributed by atoms with Crippen molar-refractivity contribution in [1.82, 2.24) is 9.88 Å². The average molecular weight is 506 g/mol. The van der Waals surface area contributed by atoms with Gasteiger partial charge in [-0.05, 0) is 54.2 Å². The first kappa shape index (κ1) is 22.3. The van der Waals surface area contributed by atoms with Gasteiger partial charge in [-0.15, -0.1) is 0 Å². The fraction of sp³-hybridized carbons (Fsp3) is 0.0385. The van der Waals surface area contributed by atoms with Gasteiger partial charge in [0.05, 0.1) is 15.7 Å². The predicted molar refractivity (Wildman–Crippen MR) is 140 cm³/mol. The van der Waals surface area contributed by atoms with Crippen LogP contribution in [-0.2, 0) is 16.1 Å². The number of halogens is 2. The Balaban J connectivity index is 1.57. The quantitative estimate of drug-likeness (QED) is 0.215. The van der Waals surface area contributed by atoms with Crippen LogP contribution in [0.4, 0.5) is 5.69 Å². The number of fused-ring (bicyclic) bond motifs is 1. The summed E-state index contributed by atoms with van der Waals surface area (Å²) >= 11 is 17.5. The summed E-state index contributed by atoms with van der Waals surface area (Å²) in [6.45, 7) is 0.543. The molecule has 0 bridgehead atoms. The van der Waals surface area contributed by atoms with Crippen molar-refractivity contribution in [2.75, 3.05) is 4.90 Å². The first-order chi connectivity index (χ1) is 16.4. The molecule has 0 spiro atoms. The van der Waals surface area contributed by atoms with Gasteiger partial charge in [0.15, 0.2) is 5.11 Å². The molecule has 1 aliphatic rings. The molecule has 1 fully saturated rings. The molecule has 5 nitrogen and oxygen atoms in total. The molecule has 0 radical (unpaired) electrons. The Bertz CT molecular complexity index is 1490. The number of nitrogens with zero attached hydrogens (tertiary/aromatic N) is 2. The SMILES string of the molecule is O=C1NC(=S)N(c2ccccc2)C(=O)/C1=C/c1cn(Cc2ccc(Cl)c(Cl)c2)c2ccccc12. The number of aromatic nitrogens is 1. The van der Waals surface area contributed by atoms with E-state index in [-0.39, 0.29) is 10.7 Å². The molecule has 5 rings (SSSR count). The Morgan fingerprint density at radius 1 is 0.912 bits per heavy atom. The van der Waals surface area contributed by atoms with Crippen molar-refractivity contribution < 1.29 is 9.59 Å². The van der Waals surface area contributed by atoms with E-state index in [4.69, 9.17) is 35.4 Å². The number of amides is 2. The molecule has 1 N–H and O–H groups in total. The summed E-state index contributed by atoms with van der Waals surface area (Å²) in [5.41, 5.74) is 3.27. The van der Waals surface area contributed by atoms with Gasteiger partial charge in [-0.1, -0.05) is 65.7 Å². The Kier molecular flexibility index (Phi) is 5.96. The number of hydrogen-bond acceptors (Lipinski definition) is 3. The Morgan fingerprint density at radius 2 is 1.65 bits per heavy atom. The lowest BCUT2D eigenvalue weighted by atomic mass is 10.1. The Labute approximate surface area is 211 Å². The largest absolute Gasteiger partial charge is 0.342 e. The normalized spacial score (nSPS) is 15.3. The highest BCUT2D eigenvalue weighted by Crippen LogP contribution is 2.28. The van der Waals surface area contributed by atoms with Crippen molar-refractivity contribution >= 4 is 75.0 Å². The minimum Gasteiger partial charge on any atom is -0.342 e. The zero-order chi connectivity index (χ0) is 23.8. The molecule has 0 unspecified atom stereocenters. The number of carbonyl (C=O) groups excluding carboxylic acids is 2. The standard InChI is InChI=1S/C26H17Cl2N3O2S/c27-21-11-10-16(12-22(21)28)14-30-15-17(19-8-4-5-9-23(19)30)13-20-24(32)29-26(34)31(25(20)33)18-6-2-1-3-7-18/h1-13,15H,14H2,(H,29,32,34)/b20-13+. The highest BCUT2D eigenvalue weighted by Gasteiger charge is 2.34. The monoisotopic (exact) mass is 505 g/mol. The van der Waals surface area contributed by atoms with Gasteiger partial charge < -0.3 is 4.57 Å². The van der Waals surface area contributed by atoms with E-state index >= 15 is 0 Å². The number of nitrogens with one attached hydrogen (secondary N) is 1. The minimum atomic E-state index is -0.525. The van der Waals surface area contributed by atoms with Crippen molar-refractivity contribution in [2.45, 2.75) is 6.54 Å². The molecule has 34 heavy (non-hydrogen) atoms. The van der Waals surface area contributed by atoms with Crippen molar-refractivity contribution in [3.8, 4) is 0 Å². The highest BCUT2D eigenvalue weighted by molar-refractivity contribution is 7.80. The van der Waals surface area contributed by atoms with Gasteiger partial charge in [0.2, 0.25) is 0 Å². The zero-order valence-corrected chi connectivity index (χ0v) is 20.0. The van der Waals surface area contributed by atoms with Crippen LogP contribution in [-0.4, -0.2) is 21.5 Å². The maximum Gasteiger partial charge on any atom is 0.270 e. The lowest BCUT2D eigenvalue weighted by Gasteiger charge is -2.28. The van der Waals surface area contributed by atoms with Gasteiger partial charge >= 0.3 is 0 Å². The van der Waals surface area contributed by atoms with Crippen molar-refractivity contribution in [3.05, 3.63) is 106 Å². The molecule has 1 aliphatic heterocycles. The summed E-state index contributed by atoms with van der Waals surface area (Å²) in [4.78, 5) is 27.4. The second-order valence-corrected chi connectivity index (χ2v) is 8.97. The molecule has 3 aromatic carbocycles. The van der Waals surface area contributed by atoms with Gasteiger partial charge in [-0.25, -0.2) is 0 Å². The maximum atomic E-state index is 13.3. The third-order valence-electron chi connectivity index (χ3n) is 5.57. The Hall–Kier alpha value is -3.45. The van der Waals surface area contributed by atoms with E-state index in [9.17, 15) is 9.59 Å². The number of anilines is 1. The average Bonchev–Trinajstić information content (AvgIpc) is 3.17. The Morgan fingerprint density at radius 3 is 2.41 bits per heavy atom. The molecule has 8 heteroatoms. The molecular weight excluding hydrogens is 489 g/mol. The molecule has 2 amide bonds. The van der Waals surface area contributed by atoms with E-state index < -0.39 is 11.8 Å². The molecular formula is C26H17Cl2N3O2S. The summed E-state index contributed by atoms with van der Waals surface area (Å²) in [6, 6.07) is 22.3. The number of para-hydroxylation sites is 2. The van der Waals surface area contributed by atoms with Crippen molar-refractivity contribution in [2.24, 2.45) is 0 Å². The summed E-state index contributed by atoms with van der Waals surface area (Å²) < 4.78 is 2.05.